The molecule has 2 aromatic rings. The fraction of sp³-hybridized carbons (Fsp3) is 0.375. The third-order valence-electron chi connectivity index (χ3n) is 4.48. The molecule has 2 aromatic carbocycles. The maximum atomic E-state index is 10.3. The van der Waals surface area contributed by atoms with Crippen molar-refractivity contribution < 1.29 is 20.1 Å². The van der Waals surface area contributed by atoms with E-state index in [4.69, 9.17) is 4.74 Å². The molecule has 0 aliphatic carbocycles. The molecule has 4 heteroatoms. The largest absolute Gasteiger partial charge is 0.508 e. The van der Waals surface area contributed by atoms with E-state index in [1.54, 1.807) is 24.3 Å². The summed E-state index contributed by atoms with van der Waals surface area (Å²) in [6.45, 7) is 4.87. The van der Waals surface area contributed by atoms with E-state index in [1.165, 1.54) is 0 Å². The van der Waals surface area contributed by atoms with Gasteiger partial charge in [-0.1, -0.05) is 56.3 Å². The molecule has 0 radical (unpaired) electrons. The van der Waals surface area contributed by atoms with Gasteiger partial charge >= 0.3 is 0 Å². The normalized spacial score (nSPS) is 13.0. The van der Waals surface area contributed by atoms with Crippen LogP contribution >= 0.6 is 0 Å². The average Bonchev–Trinajstić information content (AvgIpc) is 2.68. The van der Waals surface area contributed by atoms with Crippen LogP contribution in [0, 0.1) is 5.92 Å². The van der Waals surface area contributed by atoms with Gasteiger partial charge in [0.05, 0.1) is 25.4 Å². The molecule has 4 nitrogen and oxygen atoms in total. The zero-order chi connectivity index (χ0) is 20.4. The Kier molecular flexibility index (Phi) is 8.99. The molecular formula is C24H30O4. The van der Waals surface area contributed by atoms with Gasteiger partial charge in [-0.05, 0) is 40.8 Å². The van der Waals surface area contributed by atoms with Crippen molar-refractivity contribution in [2.75, 3.05) is 6.61 Å². The Balaban J connectivity index is 1.86. The Hall–Kier alpha value is -2.36. The molecule has 3 N–H and O–H groups in total. The summed E-state index contributed by atoms with van der Waals surface area (Å²) in [5, 5.41) is 29.8. The quantitative estimate of drug-likeness (QED) is 0.528. The second-order valence-electron chi connectivity index (χ2n) is 7.23. The molecule has 0 bridgehead atoms. The van der Waals surface area contributed by atoms with Crippen molar-refractivity contribution in [1.29, 1.82) is 0 Å². The van der Waals surface area contributed by atoms with Crippen LogP contribution in [-0.4, -0.2) is 28.0 Å². The van der Waals surface area contributed by atoms with Crippen LogP contribution in [-0.2, 0) is 11.3 Å². The number of hydrogen-bond donors (Lipinski definition) is 3. The molecule has 0 aliphatic rings. The van der Waals surface area contributed by atoms with E-state index in [9.17, 15) is 15.3 Å². The predicted molar refractivity (Wildman–Crippen MR) is 111 cm³/mol. The lowest BCUT2D eigenvalue weighted by Crippen LogP contribution is -2.17. The fourth-order valence-corrected chi connectivity index (χ4v) is 2.80. The standard InChI is InChI=1S/C24H30O4/c1-18(2)21(9-6-10-24(27)20-11-13-22(25)14-12-20)15-23(26)17-28-16-19-7-4-3-5-8-19/h3-8,11-14,18,23-27H,10,15-17H2,1-2H3/t9?,23-,24-/m1/s1. The lowest BCUT2D eigenvalue weighted by atomic mass is 9.97. The molecule has 28 heavy (non-hydrogen) atoms. The molecule has 150 valence electrons. The average molecular weight is 383 g/mol. The van der Waals surface area contributed by atoms with Crippen molar-refractivity contribution in [1.82, 2.24) is 0 Å². The van der Waals surface area contributed by atoms with E-state index < -0.39 is 12.2 Å². The molecule has 2 rings (SSSR count). The summed E-state index contributed by atoms with van der Waals surface area (Å²) in [5.74, 6) is 0.419. The molecular weight excluding hydrogens is 352 g/mol. The highest BCUT2D eigenvalue weighted by Gasteiger charge is 2.11. The highest BCUT2D eigenvalue weighted by atomic mass is 16.5. The van der Waals surface area contributed by atoms with Crippen molar-refractivity contribution >= 4 is 0 Å². The van der Waals surface area contributed by atoms with E-state index in [2.05, 4.69) is 19.6 Å². The Labute approximate surface area is 167 Å². The number of rotatable bonds is 10. The van der Waals surface area contributed by atoms with Crippen LogP contribution in [0.1, 0.15) is 43.9 Å². The fourth-order valence-electron chi connectivity index (χ4n) is 2.80. The van der Waals surface area contributed by atoms with Crippen LogP contribution in [0.5, 0.6) is 5.75 Å². The first-order valence-electron chi connectivity index (χ1n) is 9.66. The van der Waals surface area contributed by atoms with Gasteiger partial charge in [-0.25, -0.2) is 0 Å². The molecule has 0 aromatic heterocycles. The number of phenols is 1. The molecule has 2 atom stereocenters. The number of phenolic OH excluding ortho intramolecular Hbond substituents is 1. The highest BCUT2D eigenvalue weighted by Crippen LogP contribution is 2.21. The molecule has 0 aliphatic heterocycles. The first-order valence-corrected chi connectivity index (χ1v) is 9.66. The SMILES string of the molecule is CC(C)C(=C=CC[C@@H](O)c1ccc(O)cc1)C[C@@H](O)COCc1ccccc1. The van der Waals surface area contributed by atoms with Gasteiger partial charge in [0, 0.05) is 12.8 Å². The molecule has 0 saturated heterocycles. The third kappa shape index (κ3) is 7.71. The zero-order valence-corrected chi connectivity index (χ0v) is 16.6. The van der Waals surface area contributed by atoms with Crippen molar-refractivity contribution in [3.05, 3.63) is 83.1 Å². The van der Waals surface area contributed by atoms with Crippen molar-refractivity contribution in [3.63, 3.8) is 0 Å². The minimum Gasteiger partial charge on any atom is -0.508 e. The lowest BCUT2D eigenvalue weighted by Gasteiger charge is -2.15. The Morgan fingerprint density at radius 1 is 1.04 bits per heavy atom. The van der Waals surface area contributed by atoms with Crippen LogP contribution < -0.4 is 0 Å². The van der Waals surface area contributed by atoms with Crippen LogP contribution in [0.15, 0.2) is 72.0 Å². The zero-order valence-electron chi connectivity index (χ0n) is 16.6. The molecule has 0 fully saturated rings. The maximum absolute atomic E-state index is 10.3. The minimum absolute atomic E-state index is 0.178. The number of ether oxygens (including phenoxy) is 1. The van der Waals surface area contributed by atoms with Crippen molar-refractivity contribution in [2.45, 2.75) is 45.5 Å². The lowest BCUT2D eigenvalue weighted by molar-refractivity contribution is 0.0280. The van der Waals surface area contributed by atoms with E-state index in [1.807, 2.05) is 36.4 Å². The monoisotopic (exact) mass is 382 g/mol. The number of aliphatic hydroxyl groups excluding tert-OH is 2. The van der Waals surface area contributed by atoms with Gasteiger partial charge in [0.25, 0.3) is 0 Å². The van der Waals surface area contributed by atoms with Gasteiger partial charge in [0.15, 0.2) is 0 Å². The molecule has 0 heterocycles. The second-order valence-corrected chi connectivity index (χ2v) is 7.23. The van der Waals surface area contributed by atoms with Crippen molar-refractivity contribution in [2.24, 2.45) is 5.92 Å². The highest BCUT2D eigenvalue weighted by molar-refractivity contribution is 5.27. The second kappa shape index (κ2) is 11.5. The Morgan fingerprint density at radius 3 is 2.36 bits per heavy atom. The van der Waals surface area contributed by atoms with Gasteiger partial charge in [-0.2, -0.15) is 0 Å². The van der Waals surface area contributed by atoms with Gasteiger partial charge in [-0.3, -0.25) is 0 Å². The summed E-state index contributed by atoms with van der Waals surface area (Å²) in [6, 6.07) is 16.4. The first-order chi connectivity index (χ1) is 13.5. The number of aliphatic hydroxyl groups is 2. The van der Waals surface area contributed by atoms with Gasteiger partial charge in [0.2, 0.25) is 0 Å². The Morgan fingerprint density at radius 2 is 1.71 bits per heavy atom. The van der Waals surface area contributed by atoms with Gasteiger partial charge < -0.3 is 20.1 Å². The smallest absolute Gasteiger partial charge is 0.115 e. The molecule has 0 saturated carbocycles. The third-order valence-corrected chi connectivity index (χ3v) is 4.48. The van der Waals surface area contributed by atoms with E-state index >= 15 is 0 Å². The topological polar surface area (TPSA) is 69.9 Å². The number of benzene rings is 2. The van der Waals surface area contributed by atoms with Gasteiger partial charge in [0.1, 0.15) is 5.75 Å². The summed E-state index contributed by atoms with van der Waals surface area (Å²) >= 11 is 0. The predicted octanol–water partition coefficient (Wildman–Crippen LogP) is 4.52. The van der Waals surface area contributed by atoms with Crippen LogP contribution in [0.2, 0.25) is 0 Å². The van der Waals surface area contributed by atoms with E-state index in [0.717, 1.165) is 16.7 Å². The Bertz CT molecular complexity index is 759. The maximum Gasteiger partial charge on any atom is 0.115 e. The van der Waals surface area contributed by atoms with E-state index in [0.29, 0.717) is 19.4 Å². The van der Waals surface area contributed by atoms with Gasteiger partial charge in [-0.15, -0.1) is 5.73 Å². The minimum atomic E-state index is -0.652. The molecule has 0 unspecified atom stereocenters. The van der Waals surface area contributed by atoms with Crippen LogP contribution in [0.25, 0.3) is 0 Å². The summed E-state index contributed by atoms with van der Waals surface area (Å²) in [6.07, 6.45) is 1.47. The summed E-state index contributed by atoms with van der Waals surface area (Å²) in [7, 11) is 0. The van der Waals surface area contributed by atoms with Crippen LogP contribution in [0.3, 0.4) is 0 Å². The number of aromatic hydroxyl groups is 1. The summed E-state index contributed by atoms with van der Waals surface area (Å²) in [5.41, 5.74) is 6.06. The summed E-state index contributed by atoms with van der Waals surface area (Å²) in [4.78, 5) is 0. The molecule has 0 spiro atoms. The van der Waals surface area contributed by atoms with E-state index in [-0.39, 0.29) is 18.3 Å². The van der Waals surface area contributed by atoms with Crippen LogP contribution in [0.4, 0.5) is 0 Å². The molecule has 0 amide bonds. The number of hydrogen-bond acceptors (Lipinski definition) is 4. The first kappa shape index (κ1) is 21.9. The summed E-state index contributed by atoms with van der Waals surface area (Å²) < 4.78 is 5.61. The van der Waals surface area contributed by atoms with Crippen molar-refractivity contribution in [3.8, 4) is 5.75 Å².